The molecule has 0 aromatic heterocycles. The van der Waals surface area contributed by atoms with Crippen LogP contribution in [0.3, 0.4) is 0 Å². The van der Waals surface area contributed by atoms with Gasteiger partial charge in [-0.15, -0.1) is 0 Å². The maximum absolute atomic E-state index is 12.9. The standard InChI is InChI=1S/C26H38N8O7S/c27-24(38)29-11-3-4-17(23(37)31-16-9-7-15(8-10-16)13-41-25(28)39)32-21(36)12-30-20(35)6-2-1-5-19-22-18(14-42-19)33-26(40)34-22/h7-10,17-19,22H,1-6,11-14H2,(H2,28,39)(H,30,35)(H,31,37)(H,32,36)(H3,27,29,38)(H2,33,34,40). The molecule has 2 aliphatic rings. The van der Waals surface area contributed by atoms with Gasteiger partial charge >= 0.3 is 18.2 Å². The molecule has 2 fully saturated rings. The van der Waals surface area contributed by atoms with Crippen molar-refractivity contribution >= 4 is 53.3 Å². The average molecular weight is 607 g/mol. The summed E-state index contributed by atoms with van der Waals surface area (Å²) in [5.41, 5.74) is 11.1. The van der Waals surface area contributed by atoms with Crippen molar-refractivity contribution in [1.29, 1.82) is 0 Å². The molecule has 0 aliphatic carbocycles. The van der Waals surface area contributed by atoms with Gasteiger partial charge in [-0.25, -0.2) is 14.4 Å². The lowest BCUT2D eigenvalue weighted by atomic mass is 10.0. The van der Waals surface area contributed by atoms with Crippen molar-refractivity contribution in [3.8, 4) is 0 Å². The van der Waals surface area contributed by atoms with Gasteiger partial charge in [-0.05, 0) is 43.4 Å². The van der Waals surface area contributed by atoms with Gasteiger partial charge in [-0.3, -0.25) is 14.4 Å². The molecular weight excluding hydrogens is 568 g/mol. The summed E-state index contributed by atoms with van der Waals surface area (Å²) in [5, 5.41) is 16.5. The summed E-state index contributed by atoms with van der Waals surface area (Å²) >= 11 is 1.82. The van der Waals surface area contributed by atoms with E-state index in [0.29, 0.717) is 29.3 Å². The molecule has 230 valence electrons. The minimum atomic E-state index is -0.944. The molecule has 8 amide bonds. The maximum Gasteiger partial charge on any atom is 0.404 e. The van der Waals surface area contributed by atoms with E-state index in [1.54, 1.807) is 24.3 Å². The lowest BCUT2D eigenvalue weighted by Crippen LogP contribution is -2.47. The van der Waals surface area contributed by atoms with Gasteiger partial charge in [0, 0.05) is 29.7 Å². The first-order chi connectivity index (χ1) is 20.1. The van der Waals surface area contributed by atoms with Crippen molar-refractivity contribution in [3.05, 3.63) is 29.8 Å². The molecule has 15 nitrogen and oxygen atoms in total. The fraction of sp³-hybridized carbons (Fsp3) is 0.538. The zero-order valence-corrected chi connectivity index (χ0v) is 23.9. The van der Waals surface area contributed by atoms with Crippen molar-refractivity contribution in [2.75, 3.05) is 24.2 Å². The van der Waals surface area contributed by atoms with E-state index in [1.165, 1.54) is 0 Å². The molecule has 3 rings (SSSR count). The van der Waals surface area contributed by atoms with Crippen molar-refractivity contribution in [2.24, 2.45) is 11.5 Å². The number of anilines is 1. The Morgan fingerprint density at radius 3 is 2.48 bits per heavy atom. The SMILES string of the molecule is NC(=O)NCCCC(NC(=O)CNC(=O)CCCCC1SCC2NC(=O)NC21)C(=O)Nc1ccc(COC(N)=O)cc1. The van der Waals surface area contributed by atoms with E-state index < -0.39 is 30.0 Å². The van der Waals surface area contributed by atoms with Crippen LogP contribution in [0, 0.1) is 0 Å². The van der Waals surface area contributed by atoms with Crippen LogP contribution in [0.1, 0.15) is 44.1 Å². The topological polar surface area (TPSA) is 236 Å². The van der Waals surface area contributed by atoms with Crippen molar-refractivity contribution < 1.29 is 33.5 Å². The summed E-state index contributed by atoms with van der Waals surface area (Å²) in [7, 11) is 0. The summed E-state index contributed by atoms with van der Waals surface area (Å²) in [6, 6.07) is 5.02. The molecule has 1 aromatic carbocycles. The Morgan fingerprint density at radius 1 is 1.00 bits per heavy atom. The number of thioether (sulfide) groups is 1. The van der Waals surface area contributed by atoms with E-state index in [4.69, 9.17) is 16.2 Å². The van der Waals surface area contributed by atoms with Gasteiger partial charge < -0.3 is 48.1 Å². The van der Waals surface area contributed by atoms with Crippen LogP contribution in [0.2, 0.25) is 0 Å². The lowest BCUT2D eigenvalue weighted by Gasteiger charge is -2.19. The van der Waals surface area contributed by atoms with Crippen LogP contribution in [0.25, 0.3) is 0 Å². The molecular formula is C26H38N8O7S. The summed E-state index contributed by atoms with van der Waals surface area (Å²) in [5.74, 6) is -0.423. The van der Waals surface area contributed by atoms with Gasteiger partial charge in [-0.2, -0.15) is 11.8 Å². The fourth-order valence-electron chi connectivity index (χ4n) is 4.64. The third-order valence-corrected chi connectivity index (χ3v) is 8.26. The second-order valence-electron chi connectivity index (χ2n) is 9.99. The van der Waals surface area contributed by atoms with Crippen molar-refractivity contribution in [1.82, 2.24) is 26.6 Å². The highest BCUT2D eigenvalue weighted by atomic mass is 32.2. The number of rotatable bonds is 16. The van der Waals surface area contributed by atoms with Gasteiger partial charge in [0.05, 0.1) is 18.6 Å². The van der Waals surface area contributed by atoms with Gasteiger partial charge in [0.1, 0.15) is 12.6 Å². The lowest BCUT2D eigenvalue weighted by molar-refractivity contribution is -0.128. The number of carbonyl (C=O) groups is 6. The van der Waals surface area contributed by atoms with E-state index in [9.17, 15) is 28.8 Å². The number of nitrogens with two attached hydrogens (primary N) is 2. The highest BCUT2D eigenvalue weighted by Gasteiger charge is 2.42. The molecule has 0 radical (unpaired) electrons. The molecule has 0 saturated carbocycles. The van der Waals surface area contributed by atoms with Crippen LogP contribution in [-0.4, -0.2) is 78.1 Å². The summed E-state index contributed by atoms with van der Waals surface area (Å²) in [4.78, 5) is 71.0. The summed E-state index contributed by atoms with van der Waals surface area (Å²) < 4.78 is 4.73. The Balaban J connectivity index is 1.40. The molecule has 16 heteroatoms. The molecule has 1 aromatic rings. The van der Waals surface area contributed by atoms with Gasteiger partial charge in [-0.1, -0.05) is 18.6 Å². The largest absolute Gasteiger partial charge is 0.445 e. The number of hydrogen-bond acceptors (Lipinski definition) is 8. The number of ether oxygens (including phenoxy) is 1. The molecule has 4 atom stereocenters. The zero-order chi connectivity index (χ0) is 30.5. The highest BCUT2D eigenvalue weighted by Crippen LogP contribution is 2.33. The second-order valence-corrected chi connectivity index (χ2v) is 11.3. The van der Waals surface area contributed by atoms with Crippen LogP contribution < -0.4 is 43.4 Å². The van der Waals surface area contributed by atoms with E-state index >= 15 is 0 Å². The first-order valence-corrected chi connectivity index (χ1v) is 14.8. The Kier molecular flexibility index (Phi) is 12.5. The predicted molar refractivity (Wildman–Crippen MR) is 155 cm³/mol. The van der Waals surface area contributed by atoms with E-state index in [-0.39, 0.29) is 56.6 Å². The number of amides is 8. The number of urea groups is 2. The Bertz CT molecular complexity index is 1140. The molecule has 42 heavy (non-hydrogen) atoms. The predicted octanol–water partition coefficient (Wildman–Crippen LogP) is -0.00430. The molecule has 2 heterocycles. The number of carbonyl (C=O) groups excluding carboxylic acids is 6. The smallest absolute Gasteiger partial charge is 0.404 e. The van der Waals surface area contributed by atoms with Gasteiger partial charge in [0.2, 0.25) is 17.7 Å². The summed E-state index contributed by atoms with van der Waals surface area (Å²) in [6.07, 6.45) is 2.26. The molecule has 4 unspecified atom stereocenters. The average Bonchev–Trinajstić information content (AvgIpc) is 3.50. The highest BCUT2D eigenvalue weighted by molar-refractivity contribution is 8.00. The number of benzene rings is 1. The Morgan fingerprint density at radius 2 is 1.76 bits per heavy atom. The Hall–Kier alpha value is -4.21. The summed E-state index contributed by atoms with van der Waals surface area (Å²) in [6.45, 7) is -0.0980. The van der Waals surface area contributed by atoms with Gasteiger partial charge in [0.25, 0.3) is 0 Å². The van der Waals surface area contributed by atoms with Crippen molar-refractivity contribution in [3.63, 3.8) is 0 Å². The fourth-order valence-corrected chi connectivity index (χ4v) is 6.19. The molecule has 0 bridgehead atoms. The van der Waals surface area contributed by atoms with Crippen LogP contribution in [0.4, 0.5) is 20.1 Å². The van der Waals surface area contributed by atoms with E-state index in [1.807, 2.05) is 11.8 Å². The molecule has 10 N–H and O–H groups in total. The van der Waals surface area contributed by atoms with E-state index in [2.05, 4.69) is 31.9 Å². The quantitative estimate of drug-likeness (QED) is 0.0939. The number of hydrogen-bond donors (Lipinski definition) is 8. The second kappa shape index (κ2) is 16.3. The number of nitrogens with one attached hydrogen (secondary N) is 6. The van der Waals surface area contributed by atoms with Crippen molar-refractivity contribution in [2.45, 2.75) is 68.5 Å². The monoisotopic (exact) mass is 606 g/mol. The molecule has 2 saturated heterocycles. The first kappa shape index (κ1) is 32.3. The van der Waals surface area contributed by atoms with Crippen LogP contribution >= 0.6 is 11.8 Å². The normalized spacial score (nSPS) is 19.4. The van der Waals surface area contributed by atoms with Crippen LogP contribution in [-0.2, 0) is 25.7 Å². The third kappa shape index (κ3) is 11.0. The number of primary amides is 2. The Labute approximate surface area is 247 Å². The minimum absolute atomic E-state index is 0.0152. The van der Waals surface area contributed by atoms with E-state index in [0.717, 1.165) is 18.6 Å². The van der Waals surface area contributed by atoms with Crippen LogP contribution in [0.15, 0.2) is 24.3 Å². The molecule has 0 spiro atoms. The zero-order valence-electron chi connectivity index (χ0n) is 23.1. The maximum atomic E-state index is 12.9. The minimum Gasteiger partial charge on any atom is -0.445 e. The number of fused-ring (bicyclic) bond motifs is 1. The first-order valence-electron chi connectivity index (χ1n) is 13.7. The third-order valence-electron chi connectivity index (χ3n) is 6.75. The number of unbranched alkanes of at least 4 members (excludes halogenated alkanes) is 1. The van der Waals surface area contributed by atoms with Gasteiger partial charge in [0.15, 0.2) is 0 Å². The van der Waals surface area contributed by atoms with Crippen LogP contribution in [0.5, 0.6) is 0 Å². The molecule has 2 aliphatic heterocycles.